The van der Waals surface area contributed by atoms with Crippen LogP contribution in [0.4, 0.5) is 0 Å². The van der Waals surface area contributed by atoms with Crippen molar-refractivity contribution in [1.29, 1.82) is 10.8 Å². The van der Waals surface area contributed by atoms with E-state index in [1.54, 1.807) is 0 Å². The molecule has 0 bridgehead atoms. The fourth-order valence-corrected chi connectivity index (χ4v) is 0.979. The molecule has 2 N–H and O–H groups in total. The van der Waals surface area contributed by atoms with Gasteiger partial charge in [0.1, 0.15) is 0 Å². The van der Waals surface area contributed by atoms with Crippen molar-refractivity contribution in [2.45, 2.75) is 52.9 Å². The molecule has 0 atom stereocenters. The minimum absolute atomic E-state index is 0.750. The highest BCUT2D eigenvalue weighted by atomic mass is 16.1. The summed E-state index contributed by atoms with van der Waals surface area (Å²) < 4.78 is 0. The van der Waals surface area contributed by atoms with E-state index in [0.29, 0.717) is 0 Å². The molecule has 0 radical (unpaired) electrons. The minimum Gasteiger partial charge on any atom is -0.222 e. The molecule has 0 aromatic heterocycles. The second-order valence-corrected chi connectivity index (χ2v) is 3.45. The second-order valence-electron chi connectivity index (χ2n) is 3.45. The zero-order valence-electron chi connectivity index (χ0n) is 9.93. The topological polar surface area (TPSA) is 81.8 Å². The maximum atomic E-state index is 8.35. The van der Waals surface area contributed by atoms with Crippen LogP contribution in [0.1, 0.15) is 52.9 Å². The van der Waals surface area contributed by atoms with E-state index >= 15 is 0 Å². The van der Waals surface area contributed by atoms with Crippen LogP contribution >= 0.6 is 0 Å². The van der Waals surface area contributed by atoms with Gasteiger partial charge in [-0.3, -0.25) is 0 Å². The van der Waals surface area contributed by atoms with Gasteiger partial charge in [-0.15, -0.1) is 0 Å². The summed E-state index contributed by atoms with van der Waals surface area (Å²) >= 11 is 0. The lowest BCUT2D eigenvalue weighted by molar-refractivity contribution is 0.525. The summed E-state index contributed by atoms with van der Waals surface area (Å²) in [5.74, 6) is 0.904. The number of unbranched alkanes of at least 4 members (excludes halogenated alkanes) is 3. The van der Waals surface area contributed by atoms with Crippen LogP contribution < -0.4 is 0 Å². The van der Waals surface area contributed by atoms with Crippen LogP contribution in [-0.4, -0.2) is 12.2 Å². The first-order valence-electron chi connectivity index (χ1n) is 5.18. The van der Waals surface area contributed by atoms with Crippen molar-refractivity contribution < 1.29 is 9.59 Å². The van der Waals surface area contributed by atoms with Gasteiger partial charge in [0.25, 0.3) is 0 Å². The van der Waals surface area contributed by atoms with E-state index in [0.717, 1.165) is 18.1 Å². The third-order valence-electron chi connectivity index (χ3n) is 1.64. The highest BCUT2D eigenvalue weighted by molar-refractivity contribution is 5.26. The summed E-state index contributed by atoms with van der Waals surface area (Å²) in [6.07, 6.45) is 8.57. The quantitative estimate of drug-likeness (QED) is 0.417. The van der Waals surface area contributed by atoms with Gasteiger partial charge in [0.05, 0.1) is 0 Å². The number of hydrogen-bond donors (Lipinski definition) is 2. The molecular formula is C11H22N2O2. The Labute approximate surface area is 92.1 Å². The molecule has 0 heterocycles. The minimum atomic E-state index is 0.750. The molecule has 0 aromatic rings. The molecule has 0 aliphatic rings. The molecule has 4 nitrogen and oxygen atoms in total. The largest absolute Gasteiger partial charge is 0.231 e. The van der Waals surface area contributed by atoms with E-state index in [2.05, 4.69) is 20.8 Å². The van der Waals surface area contributed by atoms with E-state index < -0.39 is 0 Å². The Morgan fingerprint density at radius 2 is 1.40 bits per heavy atom. The van der Waals surface area contributed by atoms with Crippen molar-refractivity contribution in [3.63, 3.8) is 0 Å². The van der Waals surface area contributed by atoms with Gasteiger partial charge in [0, 0.05) is 0 Å². The number of carbonyl (C=O) groups excluding carboxylic acids is 2. The molecule has 0 aromatic carbocycles. The van der Waals surface area contributed by atoms with Crippen LogP contribution in [0.2, 0.25) is 0 Å². The van der Waals surface area contributed by atoms with Gasteiger partial charge >= 0.3 is 0 Å². The van der Waals surface area contributed by atoms with Gasteiger partial charge in [0.15, 0.2) is 0 Å². The lowest BCUT2D eigenvalue weighted by atomic mass is 10.1. The molecule has 4 heteroatoms. The summed E-state index contributed by atoms with van der Waals surface area (Å²) in [6, 6.07) is 0. The van der Waals surface area contributed by atoms with Crippen LogP contribution in [0.3, 0.4) is 0 Å². The van der Waals surface area contributed by atoms with Crippen molar-refractivity contribution in [1.82, 2.24) is 0 Å². The van der Waals surface area contributed by atoms with E-state index in [1.807, 2.05) is 0 Å². The fraction of sp³-hybridized carbons (Fsp3) is 0.818. The van der Waals surface area contributed by atoms with Gasteiger partial charge < -0.3 is 0 Å². The van der Waals surface area contributed by atoms with Crippen LogP contribution in [0.15, 0.2) is 0 Å². The molecule has 0 spiro atoms. The highest BCUT2D eigenvalue weighted by Crippen LogP contribution is 2.08. The van der Waals surface area contributed by atoms with Gasteiger partial charge in [-0.05, 0) is 5.92 Å². The summed E-state index contributed by atoms with van der Waals surface area (Å²) in [5.41, 5.74) is 0. The molecule has 0 saturated carbocycles. The molecule has 0 fully saturated rings. The fourth-order valence-electron chi connectivity index (χ4n) is 0.979. The Morgan fingerprint density at radius 3 is 1.67 bits per heavy atom. The maximum absolute atomic E-state index is 8.35. The average Bonchev–Trinajstić information content (AvgIpc) is 2.15. The summed E-state index contributed by atoms with van der Waals surface area (Å²) in [6.45, 7) is 6.85. The van der Waals surface area contributed by atoms with Gasteiger partial charge in [-0.2, -0.15) is 0 Å². The lowest BCUT2D eigenvalue weighted by Crippen LogP contribution is -1.86. The first kappa shape index (κ1) is 19.4. The van der Waals surface area contributed by atoms with Crippen molar-refractivity contribution in [3.8, 4) is 0 Å². The molecule has 0 rings (SSSR count). The van der Waals surface area contributed by atoms with Gasteiger partial charge in [0.2, 0.25) is 12.2 Å². The predicted octanol–water partition coefficient (Wildman–Crippen LogP) is 3.41. The molecule has 0 saturated heterocycles. The van der Waals surface area contributed by atoms with Crippen molar-refractivity contribution in [3.05, 3.63) is 0 Å². The van der Waals surface area contributed by atoms with Crippen molar-refractivity contribution in [2.75, 3.05) is 0 Å². The Hall–Kier alpha value is -1.24. The first-order chi connectivity index (χ1) is 7.10. The van der Waals surface area contributed by atoms with E-state index in [4.69, 9.17) is 20.4 Å². The molecule has 0 amide bonds. The molecular weight excluding hydrogens is 192 g/mol. The normalized spacial score (nSPS) is 7.47. The Balaban J connectivity index is -0.000000200. The molecule has 0 aliphatic heterocycles. The Kier molecular flexibility index (Phi) is 29.7. The lowest BCUT2D eigenvalue weighted by Gasteiger charge is -2.01. The SMILES string of the molecule is CCCCCCC(C)C.N=C=O.N=C=O. The van der Waals surface area contributed by atoms with Crippen molar-refractivity contribution >= 4 is 12.2 Å². The van der Waals surface area contributed by atoms with E-state index in [9.17, 15) is 0 Å². The van der Waals surface area contributed by atoms with Crippen molar-refractivity contribution in [2.24, 2.45) is 5.92 Å². The first-order valence-corrected chi connectivity index (χ1v) is 5.18. The van der Waals surface area contributed by atoms with E-state index in [-0.39, 0.29) is 0 Å². The van der Waals surface area contributed by atoms with Crippen LogP contribution in [0.25, 0.3) is 0 Å². The van der Waals surface area contributed by atoms with Crippen LogP contribution in [-0.2, 0) is 9.59 Å². The van der Waals surface area contributed by atoms with E-state index in [1.165, 1.54) is 32.1 Å². The second kappa shape index (κ2) is 23.0. The monoisotopic (exact) mass is 214 g/mol. The number of nitrogens with one attached hydrogen (secondary N) is 2. The Bertz CT molecular complexity index is 155. The smallest absolute Gasteiger partial charge is 0.222 e. The summed E-state index contributed by atoms with van der Waals surface area (Å²) in [4.78, 5) is 16.7. The third kappa shape index (κ3) is 65.2. The molecule has 0 unspecified atom stereocenters. The maximum Gasteiger partial charge on any atom is 0.231 e. The Morgan fingerprint density at radius 1 is 1.00 bits per heavy atom. The molecule has 0 aliphatic carbocycles. The highest BCUT2D eigenvalue weighted by Gasteiger charge is 1.91. The molecule has 15 heavy (non-hydrogen) atoms. The molecule has 88 valence electrons. The summed E-state index contributed by atoms with van der Waals surface area (Å²) in [7, 11) is 0. The average molecular weight is 214 g/mol. The van der Waals surface area contributed by atoms with Crippen LogP contribution in [0, 0.1) is 16.7 Å². The third-order valence-corrected chi connectivity index (χ3v) is 1.64. The number of isocyanates is 2. The van der Waals surface area contributed by atoms with Gasteiger partial charge in [-0.1, -0.05) is 52.9 Å². The van der Waals surface area contributed by atoms with Gasteiger partial charge in [-0.25, -0.2) is 20.4 Å². The van der Waals surface area contributed by atoms with Crippen LogP contribution in [0.5, 0.6) is 0 Å². The number of hydrogen-bond acceptors (Lipinski definition) is 4. The standard InChI is InChI=1S/C9H20.2CHNO/c1-4-5-6-7-8-9(2)3;2*2-1-3/h9H,4-8H2,1-3H3;2*2H. The zero-order valence-corrected chi connectivity index (χ0v) is 9.93. The summed E-state index contributed by atoms with van der Waals surface area (Å²) in [5, 5.41) is 10.8. The predicted molar refractivity (Wildman–Crippen MR) is 60.4 cm³/mol. The zero-order chi connectivity index (χ0) is 12.5. The number of rotatable bonds is 5.